The minimum Gasteiger partial charge on any atom is -0.459 e. The van der Waals surface area contributed by atoms with E-state index in [2.05, 4.69) is 15.5 Å². The molecular formula is C19H12FN3O3. The smallest absolute Gasteiger partial charge is 0.291 e. The highest BCUT2D eigenvalue weighted by Gasteiger charge is 2.13. The third-order valence-corrected chi connectivity index (χ3v) is 3.64. The molecule has 0 saturated heterocycles. The van der Waals surface area contributed by atoms with Gasteiger partial charge in [0.25, 0.3) is 11.8 Å². The number of hydrogen-bond acceptors (Lipinski definition) is 5. The molecule has 0 aliphatic carbocycles. The average Bonchev–Trinajstić information content (AvgIpc) is 3.35. The Morgan fingerprint density at radius 3 is 2.62 bits per heavy atom. The summed E-state index contributed by atoms with van der Waals surface area (Å²) in [6.07, 6.45) is 1.43. The Morgan fingerprint density at radius 2 is 1.85 bits per heavy atom. The number of nitrogens with zero attached hydrogens (tertiary/aromatic N) is 2. The molecule has 2 aromatic carbocycles. The number of carbonyl (C=O) groups is 1. The van der Waals surface area contributed by atoms with Crippen molar-refractivity contribution in [3.05, 3.63) is 78.5 Å². The van der Waals surface area contributed by atoms with E-state index < -0.39 is 0 Å². The molecule has 0 radical (unpaired) electrons. The van der Waals surface area contributed by atoms with Crippen molar-refractivity contribution >= 4 is 11.6 Å². The predicted molar refractivity (Wildman–Crippen MR) is 91.8 cm³/mol. The lowest BCUT2D eigenvalue weighted by Gasteiger charge is -2.04. The SMILES string of the molecule is O=C(Nc1cccc(-c2noc(-c3ccc(F)cc3)n2)c1)c1ccco1. The van der Waals surface area contributed by atoms with Crippen LogP contribution in [0.15, 0.2) is 75.9 Å². The van der Waals surface area contributed by atoms with Crippen LogP contribution in [-0.2, 0) is 0 Å². The van der Waals surface area contributed by atoms with Crippen LogP contribution in [0.1, 0.15) is 10.6 Å². The van der Waals surface area contributed by atoms with Crippen LogP contribution < -0.4 is 5.32 Å². The Kier molecular flexibility index (Phi) is 4.03. The molecule has 4 aromatic rings. The number of hydrogen-bond donors (Lipinski definition) is 1. The van der Waals surface area contributed by atoms with E-state index in [1.807, 2.05) is 0 Å². The van der Waals surface area contributed by atoms with E-state index >= 15 is 0 Å². The maximum atomic E-state index is 13.0. The summed E-state index contributed by atoms with van der Waals surface area (Å²) in [5.41, 5.74) is 1.85. The number of halogens is 1. The third-order valence-electron chi connectivity index (χ3n) is 3.64. The molecular weight excluding hydrogens is 337 g/mol. The Morgan fingerprint density at radius 1 is 1.00 bits per heavy atom. The van der Waals surface area contributed by atoms with Gasteiger partial charge in [-0.05, 0) is 48.5 Å². The Balaban J connectivity index is 1.57. The van der Waals surface area contributed by atoms with Gasteiger partial charge < -0.3 is 14.3 Å². The fourth-order valence-electron chi connectivity index (χ4n) is 2.39. The van der Waals surface area contributed by atoms with Crippen LogP contribution in [0.4, 0.5) is 10.1 Å². The summed E-state index contributed by atoms with van der Waals surface area (Å²) in [5, 5.41) is 6.68. The van der Waals surface area contributed by atoms with Crippen LogP contribution in [0.5, 0.6) is 0 Å². The molecule has 0 saturated carbocycles. The van der Waals surface area contributed by atoms with Gasteiger partial charge >= 0.3 is 0 Å². The van der Waals surface area contributed by atoms with E-state index in [-0.39, 0.29) is 23.4 Å². The van der Waals surface area contributed by atoms with E-state index in [1.54, 1.807) is 48.5 Å². The van der Waals surface area contributed by atoms with Crippen LogP contribution in [0.25, 0.3) is 22.8 Å². The fraction of sp³-hybridized carbons (Fsp3) is 0. The zero-order chi connectivity index (χ0) is 17.9. The molecule has 2 aromatic heterocycles. The van der Waals surface area contributed by atoms with Crippen molar-refractivity contribution in [1.29, 1.82) is 0 Å². The zero-order valence-corrected chi connectivity index (χ0v) is 13.3. The van der Waals surface area contributed by atoms with Crippen molar-refractivity contribution in [3.8, 4) is 22.8 Å². The lowest BCUT2D eigenvalue weighted by Crippen LogP contribution is -2.10. The number of rotatable bonds is 4. The highest BCUT2D eigenvalue weighted by molar-refractivity contribution is 6.02. The van der Waals surface area contributed by atoms with E-state index in [9.17, 15) is 9.18 Å². The van der Waals surface area contributed by atoms with Gasteiger partial charge in [-0.25, -0.2) is 4.39 Å². The molecule has 6 nitrogen and oxygen atoms in total. The number of nitrogens with one attached hydrogen (secondary N) is 1. The molecule has 4 rings (SSSR count). The average molecular weight is 349 g/mol. The largest absolute Gasteiger partial charge is 0.459 e. The third kappa shape index (κ3) is 3.23. The zero-order valence-electron chi connectivity index (χ0n) is 13.3. The first-order chi connectivity index (χ1) is 12.7. The van der Waals surface area contributed by atoms with Gasteiger partial charge in [0, 0.05) is 16.8 Å². The second-order valence-electron chi connectivity index (χ2n) is 5.44. The second-order valence-corrected chi connectivity index (χ2v) is 5.44. The first-order valence-corrected chi connectivity index (χ1v) is 7.74. The number of aromatic nitrogens is 2. The van der Waals surface area contributed by atoms with Gasteiger partial charge in [-0.3, -0.25) is 4.79 Å². The lowest BCUT2D eigenvalue weighted by atomic mass is 10.2. The summed E-state index contributed by atoms with van der Waals surface area (Å²) < 4.78 is 23.3. The summed E-state index contributed by atoms with van der Waals surface area (Å²) in [7, 11) is 0. The van der Waals surface area contributed by atoms with Gasteiger partial charge in [0.2, 0.25) is 5.82 Å². The first kappa shape index (κ1) is 15.8. The predicted octanol–water partition coefficient (Wildman–Crippen LogP) is 4.39. The minimum atomic E-state index is -0.354. The van der Waals surface area contributed by atoms with Crippen molar-refractivity contribution in [1.82, 2.24) is 10.1 Å². The molecule has 128 valence electrons. The molecule has 0 aliphatic rings. The highest BCUT2D eigenvalue weighted by Crippen LogP contribution is 2.24. The summed E-state index contributed by atoms with van der Waals surface area (Å²) in [6, 6.07) is 16.0. The fourth-order valence-corrected chi connectivity index (χ4v) is 2.39. The first-order valence-electron chi connectivity index (χ1n) is 7.74. The summed E-state index contributed by atoms with van der Waals surface area (Å²) in [5.74, 6) is 0.165. The summed E-state index contributed by atoms with van der Waals surface area (Å²) in [4.78, 5) is 16.4. The lowest BCUT2D eigenvalue weighted by molar-refractivity contribution is 0.0996. The van der Waals surface area contributed by atoms with Crippen LogP contribution in [-0.4, -0.2) is 16.0 Å². The number of carbonyl (C=O) groups excluding carboxylic acids is 1. The molecule has 0 fully saturated rings. The maximum Gasteiger partial charge on any atom is 0.291 e. The van der Waals surface area contributed by atoms with Crippen LogP contribution in [0, 0.1) is 5.82 Å². The van der Waals surface area contributed by atoms with Crippen molar-refractivity contribution in [2.45, 2.75) is 0 Å². The quantitative estimate of drug-likeness (QED) is 0.591. The van der Waals surface area contributed by atoms with Crippen LogP contribution >= 0.6 is 0 Å². The van der Waals surface area contributed by atoms with Gasteiger partial charge in [0.15, 0.2) is 5.76 Å². The number of amides is 1. The van der Waals surface area contributed by atoms with E-state index in [0.717, 1.165) is 0 Å². The molecule has 1 amide bonds. The van der Waals surface area contributed by atoms with E-state index in [1.165, 1.54) is 18.4 Å². The minimum absolute atomic E-state index is 0.216. The Hall–Kier alpha value is -3.74. The molecule has 0 bridgehead atoms. The van der Waals surface area contributed by atoms with Crippen molar-refractivity contribution < 1.29 is 18.1 Å². The van der Waals surface area contributed by atoms with Gasteiger partial charge in [0.1, 0.15) is 5.82 Å². The Labute approximate surface area is 147 Å². The van der Waals surface area contributed by atoms with Gasteiger partial charge in [0.05, 0.1) is 6.26 Å². The topological polar surface area (TPSA) is 81.2 Å². The van der Waals surface area contributed by atoms with E-state index in [4.69, 9.17) is 8.94 Å². The van der Waals surface area contributed by atoms with Crippen molar-refractivity contribution in [3.63, 3.8) is 0 Å². The number of benzene rings is 2. The van der Waals surface area contributed by atoms with Crippen LogP contribution in [0.3, 0.4) is 0 Å². The summed E-state index contributed by atoms with van der Waals surface area (Å²) in [6.45, 7) is 0. The van der Waals surface area contributed by atoms with Gasteiger partial charge in [-0.2, -0.15) is 4.98 Å². The molecule has 0 aliphatic heterocycles. The highest BCUT2D eigenvalue weighted by atomic mass is 19.1. The molecule has 2 heterocycles. The second kappa shape index (κ2) is 6.64. The molecule has 0 unspecified atom stereocenters. The van der Waals surface area contributed by atoms with Crippen molar-refractivity contribution in [2.24, 2.45) is 0 Å². The standard InChI is InChI=1S/C19H12FN3O3/c20-14-8-6-12(7-9-14)19-22-17(23-26-19)13-3-1-4-15(11-13)21-18(24)16-5-2-10-25-16/h1-11H,(H,21,24). The summed E-state index contributed by atoms with van der Waals surface area (Å²) >= 11 is 0. The normalized spacial score (nSPS) is 10.7. The molecule has 1 N–H and O–H groups in total. The maximum absolute atomic E-state index is 13.0. The molecule has 0 spiro atoms. The van der Waals surface area contributed by atoms with Gasteiger partial charge in [-0.15, -0.1) is 0 Å². The molecule has 0 atom stereocenters. The van der Waals surface area contributed by atoms with E-state index in [0.29, 0.717) is 22.6 Å². The number of furan rings is 1. The number of anilines is 1. The monoisotopic (exact) mass is 349 g/mol. The molecule has 7 heteroatoms. The molecule has 26 heavy (non-hydrogen) atoms. The Bertz CT molecular complexity index is 1040. The van der Waals surface area contributed by atoms with Gasteiger partial charge in [-0.1, -0.05) is 17.3 Å². The van der Waals surface area contributed by atoms with Crippen molar-refractivity contribution in [2.75, 3.05) is 5.32 Å². The van der Waals surface area contributed by atoms with Crippen LogP contribution in [0.2, 0.25) is 0 Å².